The van der Waals surface area contributed by atoms with Gasteiger partial charge in [-0.1, -0.05) is 30.3 Å². The highest BCUT2D eigenvalue weighted by atomic mass is 16.6. The molecule has 0 aliphatic carbocycles. The van der Waals surface area contributed by atoms with Crippen LogP contribution in [0.5, 0.6) is 0 Å². The molecule has 0 radical (unpaired) electrons. The molecule has 2 heterocycles. The summed E-state index contributed by atoms with van der Waals surface area (Å²) in [7, 11) is 0. The number of benzene rings is 1. The smallest absolute Gasteiger partial charge is 0.408 e. The van der Waals surface area contributed by atoms with Crippen LogP contribution in [-0.2, 0) is 16.1 Å². The molecule has 1 aromatic carbocycles. The van der Waals surface area contributed by atoms with Gasteiger partial charge in [0.05, 0.1) is 13.0 Å². The maximum Gasteiger partial charge on any atom is 0.408 e. The summed E-state index contributed by atoms with van der Waals surface area (Å²) in [5.41, 5.74) is 1.66. The van der Waals surface area contributed by atoms with Gasteiger partial charge in [-0.2, -0.15) is 4.58 Å². The van der Waals surface area contributed by atoms with Gasteiger partial charge in [-0.3, -0.25) is 4.90 Å². The van der Waals surface area contributed by atoms with Gasteiger partial charge in [0.25, 0.3) is 0 Å². The lowest BCUT2D eigenvalue weighted by Gasteiger charge is -2.22. The van der Waals surface area contributed by atoms with E-state index in [2.05, 4.69) is 22.3 Å². The number of piperidine rings is 1. The van der Waals surface area contributed by atoms with E-state index in [0.717, 1.165) is 31.6 Å². The van der Waals surface area contributed by atoms with Crippen molar-refractivity contribution in [2.24, 2.45) is 0 Å². The third-order valence-electron chi connectivity index (χ3n) is 4.84. The molecule has 27 heavy (non-hydrogen) atoms. The van der Waals surface area contributed by atoms with E-state index in [1.165, 1.54) is 5.56 Å². The summed E-state index contributed by atoms with van der Waals surface area (Å²) in [6.45, 7) is 8.43. The fourth-order valence-electron chi connectivity index (χ4n) is 3.69. The molecule has 2 aliphatic heterocycles. The van der Waals surface area contributed by atoms with Crippen LogP contribution >= 0.6 is 0 Å². The minimum absolute atomic E-state index is 0.161. The summed E-state index contributed by atoms with van der Waals surface area (Å²) in [5.74, 6) is 0.161. The number of amides is 2. The Hall–Kier alpha value is -2.21. The number of likely N-dealkylation sites (tertiary alicyclic amines) is 1. The van der Waals surface area contributed by atoms with Crippen LogP contribution in [-0.4, -0.2) is 58.5 Å². The van der Waals surface area contributed by atoms with Crippen molar-refractivity contribution in [2.75, 3.05) is 19.6 Å². The lowest BCUT2D eigenvalue weighted by Crippen LogP contribution is -2.47. The van der Waals surface area contributed by atoms with Gasteiger partial charge in [0.1, 0.15) is 11.6 Å². The molecule has 0 bridgehead atoms. The molecule has 6 nitrogen and oxygen atoms in total. The Morgan fingerprint density at radius 2 is 2.00 bits per heavy atom. The Kier molecular flexibility index (Phi) is 5.95. The Bertz CT molecular complexity index is 722. The summed E-state index contributed by atoms with van der Waals surface area (Å²) >= 11 is 0. The largest absolute Gasteiger partial charge is 0.444 e. The van der Waals surface area contributed by atoms with Gasteiger partial charge in [0.15, 0.2) is 12.3 Å². The Morgan fingerprint density at radius 1 is 1.26 bits per heavy atom. The average molecular weight is 372 g/mol. The van der Waals surface area contributed by atoms with Gasteiger partial charge in [0.2, 0.25) is 0 Å². The predicted octanol–water partition coefficient (Wildman–Crippen LogP) is 2.56. The van der Waals surface area contributed by atoms with Crippen LogP contribution in [0.2, 0.25) is 0 Å². The maximum absolute atomic E-state index is 12.4. The van der Waals surface area contributed by atoms with Crippen LogP contribution in [0.4, 0.5) is 4.79 Å². The SMILES string of the molecule is CC(C)(C)OC(=O)NC1CN(Cc2ccccc2)CC1=[N+]1CCCCC1=O. The van der Waals surface area contributed by atoms with Gasteiger partial charge in [0, 0.05) is 19.5 Å². The van der Waals surface area contributed by atoms with Crippen molar-refractivity contribution in [3.8, 4) is 0 Å². The monoisotopic (exact) mass is 372 g/mol. The highest BCUT2D eigenvalue weighted by Gasteiger charge is 2.40. The summed E-state index contributed by atoms with van der Waals surface area (Å²) in [6.07, 6.45) is 2.10. The van der Waals surface area contributed by atoms with E-state index >= 15 is 0 Å². The molecule has 2 fully saturated rings. The summed E-state index contributed by atoms with van der Waals surface area (Å²) < 4.78 is 7.32. The fourth-order valence-corrected chi connectivity index (χ4v) is 3.69. The van der Waals surface area contributed by atoms with Crippen LogP contribution in [0.25, 0.3) is 0 Å². The number of nitrogens with zero attached hydrogens (tertiary/aromatic N) is 2. The summed E-state index contributed by atoms with van der Waals surface area (Å²) in [6, 6.07) is 10.1. The third-order valence-corrected chi connectivity index (χ3v) is 4.84. The number of hydrogen-bond donors (Lipinski definition) is 1. The summed E-state index contributed by atoms with van der Waals surface area (Å²) in [5, 5.41) is 2.99. The second kappa shape index (κ2) is 8.21. The minimum atomic E-state index is -0.548. The van der Waals surface area contributed by atoms with Gasteiger partial charge >= 0.3 is 12.0 Å². The van der Waals surface area contributed by atoms with Crippen molar-refractivity contribution in [1.29, 1.82) is 0 Å². The molecular formula is C21H30N3O3+. The first-order chi connectivity index (χ1) is 12.8. The highest BCUT2D eigenvalue weighted by molar-refractivity contribution is 5.95. The zero-order chi connectivity index (χ0) is 19.4. The van der Waals surface area contributed by atoms with E-state index in [4.69, 9.17) is 4.74 Å². The highest BCUT2D eigenvalue weighted by Crippen LogP contribution is 2.16. The second-order valence-corrected chi connectivity index (χ2v) is 8.35. The molecule has 1 unspecified atom stereocenters. The maximum atomic E-state index is 12.4. The molecule has 0 aromatic heterocycles. The molecule has 2 amide bonds. The molecule has 3 rings (SSSR count). The fraction of sp³-hybridized carbons (Fsp3) is 0.571. The van der Waals surface area contributed by atoms with Crippen LogP contribution in [0, 0.1) is 0 Å². The lowest BCUT2D eigenvalue weighted by atomic mass is 10.1. The van der Waals surface area contributed by atoms with Crippen molar-refractivity contribution in [3.05, 3.63) is 35.9 Å². The van der Waals surface area contributed by atoms with Crippen molar-refractivity contribution in [2.45, 2.75) is 58.2 Å². The quantitative estimate of drug-likeness (QED) is 0.829. The van der Waals surface area contributed by atoms with E-state index in [-0.39, 0.29) is 11.9 Å². The number of ether oxygens (including phenoxy) is 1. The molecule has 0 spiro atoms. The van der Waals surface area contributed by atoms with Crippen molar-refractivity contribution in [1.82, 2.24) is 10.2 Å². The molecule has 1 aromatic rings. The first-order valence-electron chi connectivity index (χ1n) is 9.74. The molecule has 2 saturated heterocycles. The van der Waals surface area contributed by atoms with Gasteiger partial charge < -0.3 is 10.1 Å². The van der Waals surface area contributed by atoms with Gasteiger partial charge in [-0.15, -0.1) is 0 Å². The number of carbonyl (C=O) groups is 2. The van der Waals surface area contributed by atoms with Gasteiger partial charge in [-0.05, 0) is 32.8 Å². The molecule has 146 valence electrons. The molecule has 1 N–H and O–H groups in total. The van der Waals surface area contributed by atoms with Crippen molar-refractivity contribution < 1.29 is 18.9 Å². The molecular weight excluding hydrogens is 342 g/mol. The number of hydrogen-bond acceptors (Lipinski definition) is 4. The van der Waals surface area contributed by atoms with Crippen LogP contribution < -0.4 is 5.32 Å². The van der Waals surface area contributed by atoms with Gasteiger partial charge in [-0.25, -0.2) is 9.59 Å². The third kappa shape index (κ3) is 5.39. The van der Waals surface area contributed by atoms with E-state index in [1.807, 2.05) is 43.5 Å². The normalized spacial score (nSPS) is 24.1. The lowest BCUT2D eigenvalue weighted by molar-refractivity contribution is -0.458. The molecule has 0 saturated carbocycles. The minimum Gasteiger partial charge on any atom is -0.444 e. The molecule has 1 atom stereocenters. The standard InChI is InChI=1S/C21H29N3O3/c1-21(2,3)27-20(26)22-17-14-23(13-16-9-5-4-6-10-16)15-18(17)24-12-8-7-11-19(24)25/h4-6,9-10,17H,7-8,11-15H2,1-3H3/p+1. The van der Waals surface area contributed by atoms with Crippen molar-refractivity contribution in [3.63, 3.8) is 0 Å². The zero-order valence-corrected chi connectivity index (χ0v) is 16.5. The summed E-state index contributed by atoms with van der Waals surface area (Å²) in [4.78, 5) is 27.0. The molecule has 2 aliphatic rings. The van der Waals surface area contributed by atoms with E-state index in [0.29, 0.717) is 19.5 Å². The van der Waals surface area contributed by atoms with Crippen LogP contribution in [0.15, 0.2) is 30.3 Å². The van der Waals surface area contributed by atoms with Crippen LogP contribution in [0.3, 0.4) is 0 Å². The second-order valence-electron chi connectivity index (χ2n) is 8.35. The Balaban J connectivity index is 1.78. The molecule has 6 heteroatoms. The number of rotatable bonds is 3. The Labute approximate surface area is 161 Å². The van der Waals surface area contributed by atoms with Crippen molar-refractivity contribution >= 4 is 17.7 Å². The van der Waals surface area contributed by atoms with E-state index < -0.39 is 11.7 Å². The van der Waals surface area contributed by atoms with E-state index in [1.54, 1.807) is 0 Å². The topological polar surface area (TPSA) is 61.6 Å². The zero-order valence-electron chi connectivity index (χ0n) is 16.5. The average Bonchev–Trinajstić information content (AvgIpc) is 2.96. The number of alkyl carbamates (subject to hydrolysis) is 1. The Morgan fingerprint density at radius 3 is 2.67 bits per heavy atom. The number of nitrogens with one attached hydrogen (secondary N) is 1. The first-order valence-corrected chi connectivity index (χ1v) is 9.74. The van der Waals surface area contributed by atoms with Crippen LogP contribution in [0.1, 0.15) is 45.6 Å². The predicted molar refractivity (Wildman–Crippen MR) is 104 cm³/mol. The van der Waals surface area contributed by atoms with E-state index in [9.17, 15) is 9.59 Å². The first kappa shape index (κ1) is 19.5. The number of carbonyl (C=O) groups excluding carboxylic acids is 2.